The van der Waals surface area contributed by atoms with Gasteiger partial charge in [-0.05, 0) is 76.0 Å². The fraction of sp³-hybridized carbons (Fsp3) is 0.103. The summed E-state index contributed by atoms with van der Waals surface area (Å²) < 4.78 is 29.9. The van der Waals surface area contributed by atoms with Gasteiger partial charge in [0.2, 0.25) is 5.69 Å². The first-order chi connectivity index (χ1) is 31.2. The van der Waals surface area contributed by atoms with Crippen LogP contribution >= 0.6 is 0 Å². The number of benzene rings is 8. The van der Waals surface area contributed by atoms with Crippen LogP contribution in [0, 0.1) is 5.82 Å². The van der Waals surface area contributed by atoms with Crippen molar-refractivity contribution in [2.45, 2.75) is 38.1 Å². The number of halogens is 1. The van der Waals surface area contributed by atoms with Crippen LogP contribution in [0.25, 0.3) is 99.5 Å². The molecule has 2 atom stereocenters. The molecule has 11 aromatic rings. The molecule has 3 aromatic heterocycles. The summed E-state index contributed by atoms with van der Waals surface area (Å²) in [6, 6.07) is 60.0. The lowest BCUT2D eigenvalue weighted by molar-refractivity contribution is -0.723. The number of hydrogen-bond acceptors (Lipinski definition) is 1. The van der Waals surface area contributed by atoms with Crippen molar-refractivity contribution in [1.29, 1.82) is 0 Å². The highest BCUT2D eigenvalue weighted by atomic mass is 28.3. The number of imidazole rings is 1. The lowest BCUT2D eigenvalue weighted by atomic mass is 9.76. The van der Waals surface area contributed by atoms with Gasteiger partial charge < -0.3 is 4.42 Å². The van der Waals surface area contributed by atoms with Gasteiger partial charge in [-0.1, -0.05) is 141 Å². The molecule has 0 N–H and O–H groups in total. The molecule has 13 rings (SSSR count). The van der Waals surface area contributed by atoms with E-state index in [0.717, 1.165) is 84.2 Å². The number of aromatic nitrogens is 3. The van der Waals surface area contributed by atoms with Crippen molar-refractivity contribution in [1.82, 2.24) is 4.57 Å². The van der Waals surface area contributed by atoms with E-state index in [2.05, 4.69) is 173 Å². The summed E-state index contributed by atoms with van der Waals surface area (Å²) in [7, 11) is -1.70. The molecular weight excluding hydrogens is 802 g/mol. The van der Waals surface area contributed by atoms with E-state index in [0.29, 0.717) is 5.39 Å². The Balaban J connectivity index is 1.15. The quantitative estimate of drug-likeness (QED) is 0.128. The Morgan fingerprint density at radius 2 is 1.41 bits per heavy atom. The van der Waals surface area contributed by atoms with Crippen molar-refractivity contribution >= 4 is 73.4 Å². The molecule has 0 fully saturated rings. The number of nitrogens with zero attached hydrogens (tertiary/aromatic N) is 3. The lowest BCUT2D eigenvalue weighted by Gasteiger charge is -2.33. The first kappa shape index (κ1) is 37.2. The van der Waals surface area contributed by atoms with Crippen LogP contribution in [0.1, 0.15) is 23.1 Å². The first-order valence-electron chi connectivity index (χ1n) is 22.3. The largest absolute Gasteiger partial charge is 0.455 e. The molecule has 2 aliphatic heterocycles. The van der Waals surface area contributed by atoms with E-state index in [4.69, 9.17) is 11.0 Å². The first-order valence-corrected chi connectivity index (χ1v) is 25.8. The number of rotatable bonds is 3. The third-order valence-electron chi connectivity index (χ3n) is 14.2. The second-order valence-corrected chi connectivity index (χ2v) is 23.8. The minimum atomic E-state index is -1.70. The second-order valence-electron chi connectivity index (χ2n) is 18.7. The zero-order valence-corrected chi connectivity index (χ0v) is 36.9. The van der Waals surface area contributed by atoms with E-state index in [1.165, 1.54) is 32.8 Å². The van der Waals surface area contributed by atoms with Crippen molar-refractivity contribution < 1.29 is 17.9 Å². The minimum absolute atomic E-state index is 0.0690. The zero-order chi connectivity index (χ0) is 43.0. The normalized spacial score (nSPS) is 15.8. The number of furan rings is 1. The van der Waals surface area contributed by atoms with E-state index in [1.807, 2.05) is 30.3 Å². The fourth-order valence-electron chi connectivity index (χ4n) is 11.1. The molecule has 0 saturated carbocycles. The molecule has 0 amide bonds. The molecule has 0 bridgehead atoms. The van der Waals surface area contributed by atoms with Gasteiger partial charge in [0.25, 0.3) is 5.82 Å². The third-order valence-corrected chi connectivity index (χ3v) is 16.2. The lowest BCUT2D eigenvalue weighted by Crippen LogP contribution is -2.55. The van der Waals surface area contributed by atoms with Gasteiger partial charge in [0.05, 0.1) is 19.6 Å². The number of allylic oxidation sites excluding steroid dienone is 1. The molecule has 306 valence electrons. The van der Waals surface area contributed by atoms with Crippen LogP contribution in [-0.4, -0.2) is 12.6 Å². The smallest absolute Gasteiger partial charge is 0.299 e. The molecule has 2 unspecified atom stereocenters. The Morgan fingerprint density at radius 3 is 2.28 bits per heavy atom. The number of hydrogen-bond donors (Lipinski definition) is 0. The molecule has 0 aliphatic carbocycles. The van der Waals surface area contributed by atoms with Crippen molar-refractivity contribution in [3.8, 4) is 39.5 Å². The minimum Gasteiger partial charge on any atom is -0.455 e. The molecule has 0 spiro atoms. The van der Waals surface area contributed by atoms with Crippen molar-refractivity contribution in [3.05, 3.63) is 200 Å². The highest BCUT2D eigenvalue weighted by Crippen LogP contribution is 2.50. The maximum Gasteiger partial charge on any atom is 0.299 e. The van der Waals surface area contributed by atoms with Gasteiger partial charge in [0.15, 0.2) is 28.9 Å². The average Bonchev–Trinajstić information content (AvgIpc) is 3.85. The summed E-state index contributed by atoms with van der Waals surface area (Å²) in [6.07, 6.45) is 2.45. The SMILES string of the molecule is C=C1c2ccc3c(oc4ccc(-c5ccc(F)c6ccccc56)cc43)c2-c2n(-c3cccc4ccccc34)c3ccccc3[n+]2CC2c3ccccc3-c3ccc([Si](C)(C)C)c[n+]3C12. The molecule has 5 heterocycles. The van der Waals surface area contributed by atoms with Crippen LogP contribution in [-0.2, 0) is 6.54 Å². The Morgan fingerprint density at radius 1 is 0.656 bits per heavy atom. The van der Waals surface area contributed by atoms with Crippen LogP contribution in [0.2, 0.25) is 19.6 Å². The highest BCUT2D eigenvalue weighted by Gasteiger charge is 2.48. The van der Waals surface area contributed by atoms with E-state index in [-0.39, 0.29) is 17.8 Å². The summed E-state index contributed by atoms with van der Waals surface area (Å²) in [5.41, 5.74) is 14.0. The van der Waals surface area contributed by atoms with Gasteiger partial charge in [0.1, 0.15) is 29.2 Å². The van der Waals surface area contributed by atoms with Gasteiger partial charge in [-0.25, -0.2) is 8.96 Å². The van der Waals surface area contributed by atoms with Crippen LogP contribution in [0.3, 0.4) is 0 Å². The van der Waals surface area contributed by atoms with Crippen LogP contribution in [0.4, 0.5) is 4.39 Å². The summed E-state index contributed by atoms with van der Waals surface area (Å²) >= 11 is 0. The maximum absolute atomic E-state index is 15.1. The van der Waals surface area contributed by atoms with Crippen molar-refractivity contribution in [2.75, 3.05) is 0 Å². The molecule has 64 heavy (non-hydrogen) atoms. The third kappa shape index (κ3) is 5.26. The molecular formula is C58H44FN3OSi+2. The Hall–Kier alpha value is -7.41. The predicted octanol–water partition coefficient (Wildman–Crippen LogP) is 13.5. The molecule has 0 saturated heterocycles. The Bertz CT molecular complexity index is 3810. The summed E-state index contributed by atoms with van der Waals surface area (Å²) in [5.74, 6) is 0.913. The van der Waals surface area contributed by atoms with Crippen molar-refractivity contribution in [2.24, 2.45) is 0 Å². The zero-order valence-electron chi connectivity index (χ0n) is 35.9. The second kappa shape index (κ2) is 13.5. The van der Waals surface area contributed by atoms with Gasteiger partial charge in [-0.3, -0.25) is 0 Å². The Labute approximate surface area is 371 Å². The number of para-hydroxylation sites is 2. The van der Waals surface area contributed by atoms with Crippen molar-refractivity contribution in [3.63, 3.8) is 0 Å². The maximum atomic E-state index is 15.1. The molecule has 2 aliphatic rings. The van der Waals surface area contributed by atoms with Gasteiger partial charge in [-0.15, -0.1) is 0 Å². The highest BCUT2D eigenvalue weighted by molar-refractivity contribution is 6.88. The number of fused-ring (bicyclic) bond motifs is 17. The monoisotopic (exact) mass is 845 g/mol. The molecule has 6 heteroatoms. The fourth-order valence-corrected chi connectivity index (χ4v) is 12.2. The van der Waals surface area contributed by atoms with E-state index in [9.17, 15) is 0 Å². The van der Waals surface area contributed by atoms with Gasteiger partial charge in [-0.2, -0.15) is 9.13 Å². The van der Waals surface area contributed by atoms with E-state index in [1.54, 1.807) is 6.07 Å². The predicted molar refractivity (Wildman–Crippen MR) is 262 cm³/mol. The number of pyridine rings is 1. The summed E-state index contributed by atoms with van der Waals surface area (Å²) in [5, 5.41) is 7.31. The summed E-state index contributed by atoms with van der Waals surface area (Å²) in [6.45, 7) is 13.1. The standard InChI is InChI=1S/C58H44FN3OSi/c1-35-39-26-27-46-47-32-37(40-28-29-49(59)44-19-9-7-17-42(40)44)24-31-54(47)63-57(46)55(39)58-61(52-21-11-12-22-53(52)62(58)51-23-13-15-36-14-5-6-16-41(36)51)34-48-43-18-8-10-20-45(43)50-30-25-38(64(2,3)4)33-60(50)56(35)48/h5-33,48,56H,1,34H2,2-4H3/q+2. The topological polar surface area (TPSA) is 25.8 Å². The summed E-state index contributed by atoms with van der Waals surface area (Å²) in [4.78, 5) is 0. The van der Waals surface area contributed by atoms with E-state index >= 15 is 4.39 Å². The van der Waals surface area contributed by atoms with Crippen LogP contribution in [0.15, 0.2) is 187 Å². The average molecular weight is 846 g/mol. The Kier molecular flexibility index (Phi) is 7.87. The van der Waals surface area contributed by atoms with Crippen LogP contribution < -0.4 is 14.3 Å². The van der Waals surface area contributed by atoms with E-state index < -0.39 is 8.07 Å². The van der Waals surface area contributed by atoms with Gasteiger partial charge >= 0.3 is 0 Å². The molecule has 0 radical (unpaired) electrons. The molecule has 4 nitrogen and oxygen atoms in total. The van der Waals surface area contributed by atoms with Gasteiger partial charge in [0, 0.05) is 43.9 Å². The van der Waals surface area contributed by atoms with Crippen LogP contribution in [0.5, 0.6) is 0 Å². The molecule has 8 aromatic carbocycles.